The van der Waals surface area contributed by atoms with Gasteiger partial charge < -0.3 is 30.5 Å². The summed E-state index contributed by atoms with van der Waals surface area (Å²) in [6, 6.07) is 2.65. The largest absolute Gasteiger partial charge is 0.493 e. The fourth-order valence-electron chi connectivity index (χ4n) is 5.60. The van der Waals surface area contributed by atoms with Gasteiger partial charge in [0.15, 0.2) is 5.82 Å². The molecule has 1 aliphatic carbocycles. The van der Waals surface area contributed by atoms with Crippen molar-refractivity contribution in [1.82, 2.24) is 15.0 Å². The van der Waals surface area contributed by atoms with Crippen LogP contribution in [0.25, 0.3) is 0 Å². The average Bonchev–Trinajstić information content (AvgIpc) is 3.18. The first-order valence-corrected chi connectivity index (χ1v) is 13.2. The summed E-state index contributed by atoms with van der Waals surface area (Å²) in [6.07, 6.45) is 1.23. The van der Waals surface area contributed by atoms with Crippen LogP contribution in [0.1, 0.15) is 56.8 Å². The van der Waals surface area contributed by atoms with Crippen LogP contribution in [0, 0.1) is 17.6 Å². The number of hydrogen-bond acceptors (Lipinski definition) is 8. The molecule has 5 rings (SSSR count). The lowest BCUT2D eigenvalue weighted by Crippen LogP contribution is -2.52. The Morgan fingerprint density at radius 3 is 2.45 bits per heavy atom. The third-order valence-corrected chi connectivity index (χ3v) is 8.30. The van der Waals surface area contributed by atoms with Crippen LogP contribution in [0.15, 0.2) is 16.7 Å². The zero-order valence-electron chi connectivity index (χ0n) is 21.8. The summed E-state index contributed by atoms with van der Waals surface area (Å²) in [4.78, 5) is 19.9. The van der Waals surface area contributed by atoms with Crippen molar-refractivity contribution < 1.29 is 27.2 Å². The monoisotopic (exact) mass is 536 g/mol. The first-order valence-electron chi connectivity index (χ1n) is 13.2. The van der Waals surface area contributed by atoms with E-state index in [1.807, 2.05) is 13.8 Å². The van der Waals surface area contributed by atoms with Crippen molar-refractivity contribution >= 4 is 11.9 Å². The molecule has 1 aromatic heterocycles. The van der Waals surface area contributed by atoms with E-state index in [1.165, 1.54) is 4.90 Å². The number of alkyl halides is 1. The van der Waals surface area contributed by atoms with Gasteiger partial charge in [0.2, 0.25) is 5.91 Å². The van der Waals surface area contributed by atoms with Crippen LogP contribution in [0.2, 0.25) is 0 Å². The quantitative estimate of drug-likeness (QED) is 0.502. The number of hydrogen-bond donors (Lipinski definition) is 2. The summed E-state index contributed by atoms with van der Waals surface area (Å²) in [5.74, 6) is -1.13. The summed E-state index contributed by atoms with van der Waals surface area (Å²) in [5, 5.41) is 4.03. The zero-order valence-corrected chi connectivity index (χ0v) is 21.8. The molecule has 3 fully saturated rings. The number of rotatable bonds is 9. The molecule has 1 amide bonds. The van der Waals surface area contributed by atoms with E-state index >= 15 is 0 Å². The van der Waals surface area contributed by atoms with Gasteiger partial charge in [-0.3, -0.25) is 4.79 Å². The molecule has 208 valence electrons. The Morgan fingerprint density at radius 1 is 1.21 bits per heavy atom. The number of halogens is 3. The number of likely N-dealkylation sites (tertiary alicyclic amines) is 1. The fourth-order valence-corrected chi connectivity index (χ4v) is 5.60. The van der Waals surface area contributed by atoms with Gasteiger partial charge in [0, 0.05) is 54.2 Å². The highest BCUT2D eigenvalue weighted by atomic mass is 19.1. The zero-order chi connectivity index (χ0) is 27.2. The van der Waals surface area contributed by atoms with Crippen molar-refractivity contribution in [3.63, 3.8) is 0 Å². The van der Waals surface area contributed by atoms with Crippen molar-refractivity contribution in [2.75, 3.05) is 37.7 Å². The van der Waals surface area contributed by atoms with E-state index in [1.54, 1.807) is 0 Å². The molecule has 1 aromatic carbocycles. The highest BCUT2D eigenvalue weighted by Crippen LogP contribution is 2.53. The van der Waals surface area contributed by atoms with Crippen LogP contribution in [0.3, 0.4) is 0 Å². The maximum absolute atomic E-state index is 14.5. The second kappa shape index (κ2) is 10.0. The van der Waals surface area contributed by atoms with Crippen LogP contribution in [0.4, 0.5) is 19.2 Å². The molecule has 3 aliphatic rings. The molecule has 4 N–H and O–H groups in total. The van der Waals surface area contributed by atoms with E-state index in [-0.39, 0.29) is 42.8 Å². The third kappa shape index (κ3) is 5.07. The number of aromatic nitrogens is 2. The van der Waals surface area contributed by atoms with Crippen LogP contribution in [0.5, 0.6) is 5.75 Å². The molecule has 2 aromatic rings. The molecule has 3 heterocycles. The van der Waals surface area contributed by atoms with E-state index < -0.39 is 41.2 Å². The van der Waals surface area contributed by atoms with Gasteiger partial charge in [-0.05, 0) is 25.2 Å². The molecular formula is C26H35F3N6O3. The maximum atomic E-state index is 14.5. The number of carbonyl (C=O) groups excluding carboxylic acids is 1. The minimum atomic E-state index is -1.07. The number of nitrogens with zero attached hydrogens (tertiary/aromatic N) is 4. The highest BCUT2D eigenvalue weighted by Gasteiger charge is 2.65. The van der Waals surface area contributed by atoms with Gasteiger partial charge in [-0.25, -0.2) is 13.2 Å². The molecule has 12 heteroatoms. The highest BCUT2D eigenvalue weighted by molar-refractivity contribution is 5.79. The van der Waals surface area contributed by atoms with Gasteiger partial charge in [-0.15, -0.1) is 0 Å². The number of ether oxygens (including phenoxy) is 1. The van der Waals surface area contributed by atoms with Gasteiger partial charge in [-0.2, -0.15) is 4.98 Å². The molecule has 9 nitrogen and oxygen atoms in total. The summed E-state index contributed by atoms with van der Waals surface area (Å²) in [6.45, 7) is 5.59. The van der Waals surface area contributed by atoms with Crippen LogP contribution >= 0.6 is 0 Å². The first-order chi connectivity index (χ1) is 18.0. The normalized spacial score (nSPS) is 26.1. The van der Waals surface area contributed by atoms with Gasteiger partial charge in [0.05, 0.1) is 26.1 Å². The molecule has 0 bridgehead atoms. The minimum absolute atomic E-state index is 0.0180. The summed E-state index contributed by atoms with van der Waals surface area (Å²) in [5.41, 5.74) is 11.9. The Labute approximate surface area is 219 Å². The third-order valence-electron chi connectivity index (χ3n) is 8.30. The number of benzene rings is 1. The summed E-state index contributed by atoms with van der Waals surface area (Å²) < 4.78 is 53.1. The van der Waals surface area contributed by atoms with Crippen LogP contribution in [-0.2, 0) is 11.2 Å². The fraction of sp³-hybridized carbons (Fsp3) is 0.654. The SMILES string of the molecule is CC(C)c1noc(N2CCC([C@@]3(N)C[C@@]3(N)CCOc3cc(F)c(CC(=O)N4CC(F)C4)c(F)c3)CC2)n1. The first kappa shape index (κ1) is 26.7. The molecular weight excluding hydrogens is 501 g/mol. The van der Waals surface area contributed by atoms with Gasteiger partial charge in [0.25, 0.3) is 0 Å². The molecule has 2 atom stereocenters. The van der Waals surface area contributed by atoms with E-state index in [0.717, 1.165) is 38.1 Å². The van der Waals surface area contributed by atoms with E-state index in [0.29, 0.717) is 24.7 Å². The van der Waals surface area contributed by atoms with Gasteiger partial charge in [0.1, 0.15) is 23.6 Å². The number of nitrogens with two attached hydrogens (primary N) is 2. The van der Waals surface area contributed by atoms with Crippen LogP contribution in [-0.4, -0.2) is 71.0 Å². The summed E-state index contributed by atoms with van der Waals surface area (Å²) >= 11 is 0. The average molecular weight is 537 g/mol. The molecule has 2 saturated heterocycles. The Bertz CT molecular complexity index is 1160. The van der Waals surface area contributed by atoms with Crippen molar-refractivity contribution in [2.45, 2.75) is 69.1 Å². The predicted octanol–water partition coefficient (Wildman–Crippen LogP) is 2.68. The topological polar surface area (TPSA) is 124 Å². The lowest BCUT2D eigenvalue weighted by molar-refractivity contribution is -0.137. The molecule has 0 radical (unpaired) electrons. The molecule has 0 unspecified atom stereocenters. The lowest BCUT2D eigenvalue weighted by atomic mass is 9.84. The van der Waals surface area contributed by atoms with E-state index in [9.17, 15) is 18.0 Å². The Morgan fingerprint density at radius 2 is 1.87 bits per heavy atom. The Hall–Kier alpha value is -2.86. The lowest BCUT2D eigenvalue weighted by Gasteiger charge is -2.35. The molecule has 1 saturated carbocycles. The van der Waals surface area contributed by atoms with Crippen molar-refractivity contribution in [2.24, 2.45) is 17.4 Å². The number of piperidine rings is 1. The second-order valence-corrected chi connectivity index (χ2v) is 11.3. The number of amides is 1. The van der Waals surface area contributed by atoms with Crippen molar-refractivity contribution in [3.8, 4) is 5.75 Å². The standard InChI is InChI=1S/C26H35F3N6O3/c1-15(2)23-32-24(38-33-23)34-6-3-16(4-7-34)26(31)14-25(26,30)5-8-37-18-9-20(28)19(21(29)10-18)11-22(36)35-12-17(27)13-35/h9-10,15-17H,3-8,11-14,30-31H2,1-2H3/t25-,26-/m0/s1. The molecule has 38 heavy (non-hydrogen) atoms. The Balaban J connectivity index is 1.10. The number of carbonyl (C=O) groups is 1. The van der Waals surface area contributed by atoms with Gasteiger partial charge in [-0.1, -0.05) is 19.0 Å². The van der Waals surface area contributed by atoms with E-state index in [4.69, 9.17) is 20.7 Å². The van der Waals surface area contributed by atoms with Crippen molar-refractivity contribution in [1.29, 1.82) is 0 Å². The summed E-state index contributed by atoms with van der Waals surface area (Å²) in [7, 11) is 0. The van der Waals surface area contributed by atoms with Crippen LogP contribution < -0.4 is 21.1 Å². The predicted molar refractivity (Wildman–Crippen MR) is 133 cm³/mol. The molecule has 2 aliphatic heterocycles. The van der Waals surface area contributed by atoms with Gasteiger partial charge >= 0.3 is 6.01 Å². The maximum Gasteiger partial charge on any atom is 0.324 e. The van der Waals surface area contributed by atoms with Crippen molar-refractivity contribution in [3.05, 3.63) is 35.2 Å². The Kier molecular flexibility index (Phi) is 7.06. The molecule has 0 spiro atoms. The number of anilines is 1. The second-order valence-electron chi connectivity index (χ2n) is 11.3. The van der Waals surface area contributed by atoms with E-state index in [2.05, 4.69) is 15.0 Å². The minimum Gasteiger partial charge on any atom is -0.493 e. The smallest absolute Gasteiger partial charge is 0.324 e.